The fourth-order valence-corrected chi connectivity index (χ4v) is 5.35. The first kappa shape index (κ1) is 21.7. The summed E-state index contributed by atoms with van der Waals surface area (Å²) in [5.41, 5.74) is 0. The van der Waals surface area contributed by atoms with Gasteiger partial charge in [0, 0.05) is 38.5 Å². The van der Waals surface area contributed by atoms with Gasteiger partial charge in [0.25, 0.3) is 0 Å². The molecular weight excluding hydrogens is 372 g/mol. The predicted molar refractivity (Wildman–Crippen MR) is 104 cm³/mol. The third-order valence-electron chi connectivity index (χ3n) is 6.84. The maximum Gasteiger partial charge on any atom is 0.143 e. The number of hydrogen-bond acceptors (Lipinski definition) is 6. The van der Waals surface area contributed by atoms with Crippen molar-refractivity contribution < 1.29 is 28.8 Å². The van der Waals surface area contributed by atoms with Crippen molar-refractivity contribution in [2.45, 2.75) is 83.5 Å². The Morgan fingerprint density at radius 3 is 1.34 bits per heavy atom. The molecule has 0 heterocycles. The zero-order chi connectivity index (χ0) is 21.0. The molecule has 6 nitrogen and oxygen atoms in total. The van der Waals surface area contributed by atoms with Crippen molar-refractivity contribution in [1.29, 1.82) is 0 Å². The number of hydrogen-bond donors (Lipinski definition) is 0. The van der Waals surface area contributed by atoms with Gasteiger partial charge >= 0.3 is 0 Å². The maximum absolute atomic E-state index is 12.5. The molecule has 0 radical (unpaired) electrons. The first-order valence-electron chi connectivity index (χ1n) is 11.1. The molecule has 0 spiro atoms. The third-order valence-corrected chi connectivity index (χ3v) is 6.84. The van der Waals surface area contributed by atoms with E-state index >= 15 is 0 Å². The van der Waals surface area contributed by atoms with Crippen LogP contribution in [0.25, 0.3) is 0 Å². The molecular formula is C23H30O6. The van der Waals surface area contributed by atoms with Gasteiger partial charge in [0.05, 0.1) is 17.8 Å². The second-order valence-electron chi connectivity index (χ2n) is 8.81. The average Bonchev–Trinajstić information content (AvgIpc) is 2.66. The second kappa shape index (κ2) is 9.68. The van der Waals surface area contributed by atoms with Crippen molar-refractivity contribution in [1.82, 2.24) is 0 Å². The Morgan fingerprint density at radius 2 is 0.931 bits per heavy atom. The quantitative estimate of drug-likeness (QED) is 0.479. The van der Waals surface area contributed by atoms with Crippen LogP contribution in [0.1, 0.15) is 83.5 Å². The Kier molecular flexibility index (Phi) is 7.25. The Balaban J connectivity index is 1.68. The topological polar surface area (TPSA) is 102 Å². The number of Topliss-reactive ketones (excluding diaryl/α,β-unsaturated/α-hetero) is 6. The first-order valence-corrected chi connectivity index (χ1v) is 11.1. The van der Waals surface area contributed by atoms with Gasteiger partial charge in [-0.1, -0.05) is 12.8 Å². The Hall–Kier alpha value is -1.98. The maximum atomic E-state index is 12.5. The molecule has 158 valence electrons. The first-order chi connectivity index (χ1) is 13.9. The molecule has 0 bridgehead atoms. The van der Waals surface area contributed by atoms with Gasteiger partial charge in [-0.25, -0.2) is 0 Å². The summed E-state index contributed by atoms with van der Waals surface area (Å²) in [5.74, 6) is -3.35. The lowest BCUT2D eigenvalue weighted by Crippen LogP contribution is -2.44. The van der Waals surface area contributed by atoms with Crippen LogP contribution in [0.2, 0.25) is 0 Å². The molecule has 3 rings (SSSR count). The van der Waals surface area contributed by atoms with E-state index in [9.17, 15) is 28.8 Å². The summed E-state index contributed by atoms with van der Waals surface area (Å²) in [6.07, 6.45) is 6.04. The van der Waals surface area contributed by atoms with Crippen molar-refractivity contribution in [2.24, 2.45) is 23.7 Å². The van der Waals surface area contributed by atoms with E-state index < -0.39 is 23.7 Å². The van der Waals surface area contributed by atoms with Crippen LogP contribution < -0.4 is 0 Å². The van der Waals surface area contributed by atoms with Crippen molar-refractivity contribution in [3.8, 4) is 0 Å². The van der Waals surface area contributed by atoms with Gasteiger partial charge in [0.15, 0.2) is 0 Å². The number of rotatable bonds is 7. The molecule has 0 unspecified atom stereocenters. The minimum Gasteiger partial charge on any atom is -0.299 e. The summed E-state index contributed by atoms with van der Waals surface area (Å²) in [5, 5.41) is 0. The molecule has 3 aliphatic carbocycles. The molecule has 0 saturated heterocycles. The summed E-state index contributed by atoms with van der Waals surface area (Å²) in [4.78, 5) is 74.1. The average molecular weight is 402 g/mol. The largest absolute Gasteiger partial charge is 0.299 e. The normalized spacial score (nSPS) is 23.5. The van der Waals surface area contributed by atoms with Crippen molar-refractivity contribution in [3.05, 3.63) is 0 Å². The highest BCUT2D eigenvalue weighted by molar-refractivity contribution is 6.09. The molecule has 6 heteroatoms. The van der Waals surface area contributed by atoms with Gasteiger partial charge in [0.1, 0.15) is 34.7 Å². The van der Waals surface area contributed by atoms with E-state index in [1.165, 1.54) is 0 Å². The fraction of sp³-hybridized carbons (Fsp3) is 0.739. The van der Waals surface area contributed by atoms with Crippen LogP contribution in [-0.2, 0) is 28.8 Å². The summed E-state index contributed by atoms with van der Waals surface area (Å²) in [6.45, 7) is 0. The Morgan fingerprint density at radius 1 is 0.552 bits per heavy atom. The van der Waals surface area contributed by atoms with Gasteiger partial charge in [-0.2, -0.15) is 0 Å². The molecule has 3 aliphatic rings. The van der Waals surface area contributed by atoms with E-state index in [1.54, 1.807) is 0 Å². The molecule has 0 aliphatic heterocycles. The van der Waals surface area contributed by atoms with Gasteiger partial charge < -0.3 is 0 Å². The molecule has 29 heavy (non-hydrogen) atoms. The molecule has 0 aromatic carbocycles. The number of ketones is 6. The highest BCUT2D eigenvalue weighted by Crippen LogP contribution is 2.37. The van der Waals surface area contributed by atoms with Crippen LogP contribution >= 0.6 is 0 Å². The lowest BCUT2D eigenvalue weighted by molar-refractivity contribution is -0.144. The smallest absolute Gasteiger partial charge is 0.143 e. The van der Waals surface area contributed by atoms with E-state index in [1.807, 2.05) is 0 Å². The molecule has 3 saturated carbocycles. The molecule has 0 N–H and O–H groups in total. The van der Waals surface area contributed by atoms with Gasteiger partial charge in [-0.05, 0) is 38.0 Å². The lowest BCUT2D eigenvalue weighted by atomic mass is 9.66. The summed E-state index contributed by atoms with van der Waals surface area (Å²) in [6, 6.07) is 0. The van der Waals surface area contributed by atoms with Gasteiger partial charge in [0.2, 0.25) is 0 Å². The number of unbranched alkanes of at least 4 members (excludes halogenated alkanes) is 1. The van der Waals surface area contributed by atoms with E-state index in [4.69, 9.17) is 0 Å². The zero-order valence-electron chi connectivity index (χ0n) is 17.0. The molecule has 0 aromatic heterocycles. The van der Waals surface area contributed by atoms with Crippen LogP contribution in [-0.4, -0.2) is 34.7 Å². The third kappa shape index (κ3) is 4.96. The molecule has 0 aromatic rings. The van der Waals surface area contributed by atoms with Crippen molar-refractivity contribution in [2.75, 3.05) is 0 Å². The van der Waals surface area contributed by atoms with Crippen LogP contribution in [0.3, 0.4) is 0 Å². The lowest BCUT2D eigenvalue weighted by Gasteiger charge is -2.34. The van der Waals surface area contributed by atoms with Gasteiger partial charge in [-0.15, -0.1) is 0 Å². The van der Waals surface area contributed by atoms with E-state index in [0.717, 1.165) is 0 Å². The van der Waals surface area contributed by atoms with E-state index in [0.29, 0.717) is 83.5 Å². The second-order valence-corrected chi connectivity index (χ2v) is 8.81. The predicted octanol–water partition coefficient (Wildman–Crippen LogP) is 2.98. The summed E-state index contributed by atoms with van der Waals surface area (Å²) >= 11 is 0. The standard InChI is InChI=1S/C23H30O6/c24-16-8-3-9-17(25)14(16)6-1-2-7-15(22-18(26)10-4-11-19(22)27)23-20(28)12-5-13-21(23)29/h14-15,22-23H,1-13H2. The van der Waals surface area contributed by atoms with E-state index in [2.05, 4.69) is 0 Å². The SMILES string of the molecule is O=C1CCCC(=O)C1CCCCC(C1C(=O)CCCC1=O)C1C(=O)CCCC1=O. The van der Waals surface area contributed by atoms with Crippen LogP contribution in [0, 0.1) is 23.7 Å². The molecule has 0 atom stereocenters. The Bertz CT molecular complexity index is 635. The monoisotopic (exact) mass is 402 g/mol. The van der Waals surface area contributed by atoms with Crippen molar-refractivity contribution in [3.63, 3.8) is 0 Å². The number of carbonyl (C=O) groups is 6. The number of carbonyl (C=O) groups excluding carboxylic acids is 6. The van der Waals surface area contributed by atoms with Crippen LogP contribution in [0.5, 0.6) is 0 Å². The van der Waals surface area contributed by atoms with Crippen LogP contribution in [0.15, 0.2) is 0 Å². The van der Waals surface area contributed by atoms with Gasteiger partial charge in [-0.3, -0.25) is 28.8 Å². The molecule has 3 fully saturated rings. The zero-order valence-corrected chi connectivity index (χ0v) is 17.0. The molecule has 0 amide bonds. The highest BCUT2D eigenvalue weighted by atomic mass is 16.2. The summed E-state index contributed by atoms with van der Waals surface area (Å²) in [7, 11) is 0. The minimum atomic E-state index is -0.849. The minimum absolute atomic E-state index is 0.00747. The van der Waals surface area contributed by atoms with Crippen LogP contribution in [0.4, 0.5) is 0 Å². The van der Waals surface area contributed by atoms with Crippen molar-refractivity contribution >= 4 is 34.7 Å². The summed E-state index contributed by atoms with van der Waals surface area (Å²) < 4.78 is 0. The highest BCUT2D eigenvalue weighted by Gasteiger charge is 2.45. The fourth-order valence-electron chi connectivity index (χ4n) is 5.35. The van der Waals surface area contributed by atoms with E-state index in [-0.39, 0.29) is 34.7 Å². The Labute approximate surface area is 171 Å².